The summed E-state index contributed by atoms with van der Waals surface area (Å²) in [7, 11) is 0. The van der Waals surface area contributed by atoms with E-state index in [2.05, 4.69) is 6.92 Å². The molecule has 0 bridgehead atoms. The van der Waals surface area contributed by atoms with Gasteiger partial charge in [0.1, 0.15) is 0 Å². The van der Waals surface area contributed by atoms with Crippen molar-refractivity contribution in [1.29, 1.82) is 0 Å². The molecule has 0 saturated heterocycles. The third-order valence-corrected chi connectivity index (χ3v) is 3.07. The number of phenolic OH excluding ortho intramolecular Hbond substituents is 1. The van der Waals surface area contributed by atoms with E-state index in [0.717, 1.165) is 18.4 Å². The van der Waals surface area contributed by atoms with Crippen LogP contribution in [0.4, 0.5) is 15.8 Å². The lowest BCUT2D eigenvalue weighted by Crippen LogP contribution is -2.00. The molecular weight excluding hydrogens is 243 g/mol. The molecule has 0 radical (unpaired) electrons. The monoisotopic (exact) mass is 260 g/mol. The van der Waals surface area contributed by atoms with Crippen LogP contribution in [-0.4, -0.2) is 5.11 Å². The van der Waals surface area contributed by atoms with Crippen LogP contribution in [0.15, 0.2) is 30.3 Å². The minimum Gasteiger partial charge on any atom is -0.505 e. The first-order valence-corrected chi connectivity index (χ1v) is 6.19. The standard InChI is InChI=1S/C15H17FN2O/c1-2-3-9-6-11(15(18)13(17)7-9)10-4-5-14(19)12(16)8-10/h4-8,19H,2-3,17-18H2,1H3. The van der Waals surface area contributed by atoms with Crippen LogP contribution in [-0.2, 0) is 6.42 Å². The number of nitrogen functional groups attached to an aromatic ring is 2. The zero-order chi connectivity index (χ0) is 14.0. The number of benzene rings is 2. The normalized spacial score (nSPS) is 10.6. The molecule has 0 aromatic heterocycles. The van der Waals surface area contributed by atoms with E-state index in [9.17, 15) is 9.50 Å². The first-order chi connectivity index (χ1) is 9.02. The van der Waals surface area contributed by atoms with E-state index in [-0.39, 0.29) is 5.75 Å². The number of anilines is 2. The van der Waals surface area contributed by atoms with Gasteiger partial charge in [0.15, 0.2) is 11.6 Å². The van der Waals surface area contributed by atoms with Crippen molar-refractivity contribution in [1.82, 2.24) is 0 Å². The van der Waals surface area contributed by atoms with Crippen molar-refractivity contribution in [2.75, 3.05) is 11.5 Å². The molecule has 5 N–H and O–H groups in total. The summed E-state index contributed by atoms with van der Waals surface area (Å²) in [6.07, 6.45) is 1.88. The van der Waals surface area contributed by atoms with Crippen molar-refractivity contribution in [2.24, 2.45) is 0 Å². The maximum absolute atomic E-state index is 13.4. The molecule has 0 saturated carbocycles. The lowest BCUT2D eigenvalue weighted by Gasteiger charge is -2.12. The topological polar surface area (TPSA) is 72.3 Å². The number of hydrogen-bond donors (Lipinski definition) is 3. The first kappa shape index (κ1) is 13.2. The zero-order valence-corrected chi connectivity index (χ0v) is 10.8. The van der Waals surface area contributed by atoms with Crippen molar-refractivity contribution in [2.45, 2.75) is 19.8 Å². The number of phenols is 1. The van der Waals surface area contributed by atoms with E-state index >= 15 is 0 Å². The van der Waals surface area contributed by atoms with Crippen molar-refractivity contribution in [3.8, 4) is 16.9 Å². The Balaban J connectivity index is 2.56. The van der Waals surface area contributed by atoms with E-state index in [1.165, 1.54) is 12.1 Å². The van der Waals surface area contributed by atoms with E-state index in [0.29, 0.717) is 22.5 Å². The molecule has 0 fully saturated rings. The van der Waals surface area contributed by atoms with Crippen LogP contribution in [0.5, 0.6) is 5.75 Å². The Bertz CT molecular complexity index is 611. The Morgan fingerprint density at radius 3 is 2.53 bits per heavy atom. The highest BCUT2D eigenvalue weighted by Crippen LogP contribution is 2.33. The molecule has 2 aromatic rings. The Labute approximate surface area is 111 Å². The Hall–Kier alpha value is -2.23. The predicted molar refractivity (Wildman–Crippen MR) is 76.3 cm³/mol. The minimum absolute atomic E-state index is 0.375. The molecule has 0 unspecified atom stereocenters. The summed E-state index contributed by atoms with van der Waals surface area (Å²) in [5.74, 6) is -1.05. The van der Waals surface area contributed by atoms with Crippen LogP contribution < -0.4 is 11.5 Å². The van der Waals surface area contributed by atoms with Crippen LogP contribution in [0.25, 0.3) is 11.1 Å². The van der Waals surface area contributed by atoms with Crippen LogP contribution in [0, 0.1) is 5.82 Å². The fourth-order valence-electron chi connectivity index (χ4n) is 2.08. The molecule has 0 aliphatic carbocycles. The minimum atomic E-state index is -0.670. The number of aromatic hydroxyl groups is 1. The van der Waals surface area contributed by atoms with Crippen LogP contribution >= 0.6 is 0 Å². The molecule has 2 rings (SSSR count). The van der Waals surface area contributed by atoms with Gasteiger partial charge in [0.2, 0.25) is 0 Å². The molecule has 0 aliphatic heterocycles. The maximum atomic E-state index is 13.4. The Kier molecular flexibility index (Phi) is 3.60. The van der Waals surface area contributed by atoms with Crippen LogP contribution in [0.3, 0.4) is 0 Å². The van der Waals surface area contributed by atoms with Gasteiger partial charge < -0.3 is 16.6 Å². The van der Waals surface area contributed by atoms with Crippen molar-refractivity contribution in [3.05, 3.63) is 41.7 Å². The summed E-state index contributed by atoms with van der Waals surface area (Å²) in [6.45, 7) is 2.08. The lowest BCUT2D eigenvalue weighted by molar-refractivity contribution is 0.432. The summed E-state index contributed by atoms with van der Waals surface area (Å²) in [5, 5.41) is 9.22. The highest BCUT2D eigenvalue weighted by Gasteiger charge is 2.10. The van der Waals surface area contributed by atoms with Gasteiger partial charge in [-0.2, -0.15) is 0 Å². The molecule has 0 aliphatic rings. The fraction of sp³-hybridized carbons (Fsp3) is 0.200. The Morgan fingerprint density at radius 2 is 1.89 bits per heavy atom. The third-order valence-electron chi connectivity index (χ3n) is 3.07. The summed E-state index contributed by atoms with van der Waals surface area (Å²) >= 11 is 0. The van der Waals surface area contributed by atoms with Gasteiger partial charge in [0.25, 0.3) is 0 Å². The summed E-state index contributed by atoms with van der Waals surface area (Å²) < 4.78 is 13.4. The highest BCUT2D eigenvalue weighted by atomic mass is 19.1. The van der Waals surface area contributed by atoms with Gasteiger partial charge in [-0.25, -0.2) is 4.39 Å². The first-order valence-electron chi connectivity index (χ1n) is 6.19. The molecule has 4 heteroatoms. The molecular formula is C15H17FN2O. The van der Waals surface area contributed by atoms with Gasteiger partial charge in [0, 0.05) is 5.56 Å². The zero-order valence-electron chi connectivity index (χ0n) is 10.8. The quantitative estimate of drug-likeness (QED) is 0.741. The van der Waals surface area contributed by atoms with Crippen LogP contribution in [0.1, 0.15) is 18.9 Å². The van der Waals surface area contributed by atoms with E-state index in [1.54, 1.807) is 6.07 Å². The number of aryl methyl sites for hydroxylation is 1. The fourth-order valence-corrected chi connectivity index (χ4v) is 2.08. The summed E-state index contributed by atoms with van der Waals surface area (Å²) in [5.41, 5.74) is 15.1. The van der Waals surface area contributed by atoms with E-state index < -0.39 is 5.82 Å². The van der Waals surface area contributed by atoms with Crippen molar-refractivity contribution < 1.29 is 9.50 Å². The van der Waals surface area contributed by atoms with Gasteiger partial charge in [-0.3, -0.25) is 0 Å². The van der Waals surface area contributed by atoms with Crippen molar-refractivity contribution in [3.63, 3.8) is 0 Å². The molecule has 0 heterocycles. The third kappa shape index (κ3) is 2.62. The van der Waals surface area contributed by atoms with Gasteiger partial charge in [-0.05, 0) is 41.8 Å². The highest BCUT2D eigenvalue weighted by molar-refractivity contribution is 5.85. The largest absolute Gasteiger partial charge is 0.505 e. The molecule has 19 heavy (non-hydrogen) atoms. The number of hydrogen-bond acceptors (Lipinski definition) is 3. The Morgan fingerprint density at radius 1 is 1.16 bits per heavy atom. The van der Waals surface area contributed by atoms with Gasteiger partial charge in [-0.1, -0.05) is 19.4 Å². The average molecular weight is 260 g/mol. The van der Waals surface area contributed by atoms with E-state index in [4.69, 9.17) is 11.5 Å². The van der Waals surface area contributed by atoms with E-state index in [1.807, 2.05) is 12.1 Å². The number of halogens is 1. The second-order valence-electron chi connectivity index (χ2n) is 4.56. The van der Waals surface area contributed by atoms with Gasteiger partial charge in [0.05, 0.1) is 11.4 Å². The average Bonchev–Trinajstić information content (AvgIpc) is 2.37. The maximum Gasteiger partial charge on any atom is 0.165 e. The molecule has 0 spiro atoms. The SMILES string of the molecule is CCCc1cc(N)c(N)c(-c2ccc(O)c(F)c2)c1. The summed E-state index contributed by atoms with van der Waals surface area (Å²) in [6, 6.07) is 7.96. The van der Waals surface area contributed by atoms with Gasteiger partial charge >= 0.3 is 0 Å². The molecule has 0 atom stereocenters. The second kappa shape index (κ2) is 5.18. The molecule has 3 nitrogen and oxygen atoms in total. The summed E-state index contributed by atoms with van der Waals surface area (Å²) in [4.78, 5) is 0. The molecule has 0 amide bonds. The molecule has 2 aromatic carbocycles. The lowest BCUT2D eigenvalue weighted by atomic mass is 9.98. The van der Waals surface area contributed by atoms with Crippen LogP contribution in [0.2, 0.25) is 0 Å². The van der Waals surface area contributed by atoms with Crippen molar-refractivity contribution >= 4 is 11.4 Å². The molecule has 100 valence electrons. The second-order valence-corrected chi connectivity index (χ2v) is 4.56. The van der Waals surface area contributed by atoms with Gasteiger partial charge in [-0.15, -0.1) is 0 Å². The number of rotatable bonds is 3. The number of nitrogens with two attached hydrogens (primary N) is 2. The predicted octanol–water partition coefficient (Wildman–Crippen LogP) is 3.32. The smallest absolute Gasteiger partial charge is 0.165 e.